The highest BCUT2D eigenvalue weighted by Gasteiger charge is 2.28. The molecule has 2 aliphatic heterocycles. The molecule has 0 spiro atoms. The third-order valence-electron chi connectivity index (χ3n) is 4.57. The zero-order valence-electron chi connectivity index (χ0n) is 13.8. The maximum atomic E-state index is 12.6. The molecule has 0 aliphatic carbocycles. The van der Waals surface area contributed by atoms with Gasteiger partial charge in [0.25, 0.3) is 5.91 Å². The van der Waals surface area contributed by atoms with Crippen LogP contribution in [-0.2, 0) is 10.0 Å². The Labute approximate surface area is 149 Å². The molecule has 1 aromatic carbocycles. The lowest BCUT2D eigenvalue weighted by Crippen LogP contribution is -2.52. The molecular formula is C16H24ClN3O3S. The predicted octanol–water partition coefficient (Wildman–Crippen LogP) is 1.33. The van der Waals surface area contributed by atoms with Gasteiger partial charge in [-0.25, -0.2) is 8.42 Å². The monoisotopic (exact) mass is 373 g/mol. The van der Waals surface area contributed by atoms with Crippen molar-refractivity contribution in [2.24, 2.45) is 0 Å². The summed E-state index contributed by atoms with van der Waals surface area (Å²) in [5.41, 5.74) is 0.541. The van der Waals surface area contributed by atoms with Gasteiger partial charge in [0, 0.05) is 44.3 Å². The Hall–Kier alpha value is -1.15. The summed E-state index contributed by atoms with van der Waals surface area (Å²) in [6.07, 6.45) is 1.83. The Morgan fingerprint density at radius 1 is 1.12 bits per heavy atom. The summed E-state index contributed by atoms with van der Waals surface area (Å²) in [6.45, 7) is 5.43. The van der Waals surface area contributed by atoms with E-state index in [9.17, 15) is 13.2 Å². The molecule has 8 heteroatoms. The number of halogens is 1. The first-order chi connectivity index (χ1) is 11.0. The molecule has 1 N–H and O–H groups in total. The van der Waals surface area contributed by atoms with E-state index in [-0.39, 0.29) is 29.3 Å². The minimum Gasteiger partial charge on any atom is -0.333 e. The molecule has 0 saturated carbocycles. The van der Waals surface area contributed by atoms with Crippen LogP contribution in [0.1, 0.15) is 30.1 Å². The van der Waals surface area contributed by atoms with Crippen LogP contribution in [0, 0.1) is 0 Å². The molecule has 2 fully saturated rings. The fourth-order valence-corrected chi connectivity index (χ4v) is 4.67. The minimum atomic E-state index is -3.42. The molecule has 2 heterocycles. The number of nitrogens with one attached hydrogen (secondary N) is 1. The Morgan fingerprint density at radius 3 is 2.33 bits per heavy atom. The summed E-state index contributed by atoms with van der Waals surface area (Å²) in [7, 11) is -3.42. The Bertz CT molecular complexity index is 672. The summed E-state index contributed by atoms with van der Waals surface area (Å²) in [5.74, 6) is -0.0379. The minimum absolute atomic E-state index is 0. The number of carbonyl (C=O) groups excluding carboxylic acids is 1. The van der Waals surface area contributed by atoms with Crippen LogP contribution in [0.15, 0.2) is 29.2 Å². The van der Waals surface area contributed by atoms with Crippen molar-refractivity contribution in [2.45, 2.75) is 30.7 Å². The van der Waals surface area contributed by atoms with Gasteiger partial charge in [-0.3, -0.25) is 4.79 Å². The summed E-state index contributed by atoms with van der Waals surface area (Å²) in [4.78, 5) is 14.7. The molecule has 2 saturated heterocycles. The van der Waals surface area contributed by atoms with Crippen LogP contribution in [-0.4, -0.2) is 62.3 Å². The number of carbonyl (C=O) groups is 1. The molecular weight excluding hydrogens is 350 g/mol. The summed E-state index contributed by atoms with van der Waals surface area (Å²) < 4.78 is 26.5. The number of benzene rings is 1. The molecule has 1 aromatic rings. The number of amides is 1. The van der Waals surface area contributed by atoms with Crippen molar-refractivity contribution in [1.29, 1.82) is 0 Å². The lowest BCUT2D eigenvalue weighted by Gasteiger charge is -2.34. The first kappa shape index (κ1) is 19.2. The van der Waals surface area contributed by atoms with Crippen LogP contribution >= 0.6 is 12.4 Å². The van der Waals surface area contributed by atoms with Gasteiger partial charge in [-0.1, -0.05) is 0 Å². The number of rotatable bonds is 3. The predicted molar refractivity (Wildman–Crippen MR) is 95.1 cm³/mol. The second-order valence-corrected chi connectivity index (χ2v) is 8.13. The van der Waals surface area contributed by atoms with Crippen LogP contribution in [0.3, 0.4) is 0 Å². The molecule has 134 valence electrons. The normalized spacial score (nSPS) is 22.2. The van der Waals surface area contributed by atoms with E-state index in [1.54, 1.807) is 24.3 Å². The molecule has 0 aromatic heterocycles. The van der Waals surface area contributed by atoms with Gasteiger partial charge in [0.05, 0.1) is 4.90 Å². The molecule has 1 atom stereocenters. The smallest absolute Gasteiger partial charge is 0.254 e. The van der Waals surface area contributed by atoms with Crippen molar-refractivity contribution in [3.05, 3.63) is 29.8 Å². The number of piperazine rings is 1. The number of hydrogen-bond acceptors (Lipinski definition) is 4. The highest BCUT2D eigenvalue weighted by atomic mass is 35.5. The van der Waals surface area contributed by atoms with E-state index in [0.717, 1.165) is 25.9 Å². The van der Waals surface area contributed by atoms with E-state index in [0.29, 0.717) is 25.2 Å². The van der Waals surface area contributed by atoms with E-state index < -0.39 is 10.0 Å². The van der Waals surface area contributed by atoms with Gasteiger partial charge in [-0.05, 0) is 44.0 Å². The summed E-state index contributed by atoms with van der Waals surface area (Å²) in [6, 6.07) is 6.49. The largest absolute Gasteiger partial charge is 0.333 e. The molecule has 6 nitrogen and oxygen atoms in total. The van der Waals surface area contributed by atoms with E-state index in [1.165, 1.54) is 4.31 Å². The molecule has 2 aliphatic rings. The quantitative estimate of drug-likeness (QED) is 0.867. The second-order valence-electron chi connectivity index (χ2n) is 6.19. The fraction of sp³-hybridized carbons (Fsp3) is 0.562. The zero-order chi connectivity index (χ0) is 16.4. The van der Waals surface area contributed by atoms with Gasteiger partial charge in [0.2, 0.25) is 10.0 Å². The molecule has 0 radical (unpaired) electrons. The van der Waals surface area contributed by atoms with Crippen molar-refractivity contribution >= 4 is 28.3 Å². The van der Waals surface area contributed by atoms with Crippen molar-refractivity contribution in [1.82, 2.24) is 14.5 Å². The van der Waals surface area contributed by atoms with Crippen LogP contribution < -0.4 is 5.32 Å². The third kappa shape index (κ3) is 3.74. The van der Waals surface area contributed by atoms with Crippen molar-refractivity contribution < 1.29 is 13.2 Å². The standard InChI is InChI=1S/C16H23N3O3S.ClH/c1-13-12-17-8-11-19(13)16(20)14-4-6-15(7-5-14)23(21,22)18-9-2-3-10-18;/h4-7,13,17H,2-3,8-12H2,1H3;1H/t13-;/m0./s1. The van der Waals surface area contributed by atoms with Crippen LogP contribution in [0.25, 0.3) is 0 Å². The van der Waals surface area contributed by atoms with Gasteiger partial charge in [0.15, 0.2) is 0 Å². The van der Waals surface area contributed by atoms with E-state index in [2.05, 4.69) is 5.32 Å². The Kier molecular flexibility index (Phi) is 6.25. The van der Waals surface area contributed by atoms with Gasteiger partial charge >= 0.3 is 0 Å². The maximum absolute atomic E-state index is 12.6. The molecule has 24 heavy (non-hydrogen) atoms. The van der Waals surface area contributed by atoms with E-state index in [4.69, 9.17) is 0 Å². The van der Waals surface area contributed by atoms with Crippen LogP contribution in [0.2, 0.25) is 0 Å². The highest BCUT2D eigenvalue weighted by molar-refractivity contribution is 7.89. The second kappa shape index (κ2) is 7.82. The molecule has 1 amide bonds. The Balaban J connectivity index is 0.00000208. The van der Waals surface area contributed by atoms with Gasteiger partial charge in [0.1, 0.15) is 0 Å². The van der Waals surface area contributed by atoms with Crippen molar-refractivity contribution in [2.75, 3.05) is 32.7 Å². The molecule has 0 unspecified atom stereocenters. The first-order valence-electron chi connectivity index (χ1n) is 8.12. The van der Waals surface area contributed by atoms with Crippen LogP contribution in [0.4, 0.5) is 0 Å². The van der Waals surface area contributed by atoms with E-state index in [1.807, 2.05) is 11.8 Å². The zero-order valence-corrected chi connectivity index (χ0v) is 15.4. The molecule has 0 bridgehead atoms. The number of nitrogens with zero attached hydrogens (tertiary/aromatic N) is 2. The SMILES string of the molecule is C[C@H]1CNCCN1C(=O)c1ccc(S(=O)(=O)N2CCCC2)cc1.Cl. The van der Waals surface area contributed by atoms with E-state index >= 15 is 0 Å². The van der Waals surface area contributed by atoms with Gasteiger partial charge in [-0.2, -0.15) is 4.31 Å². The van der Waals surface area contributed by atoms with Crippen LogP contribution in [0.5, 0.6) is 0 Å². The lowest BCUT2D eigenvalue weighted by molar-refractivity contribution is 0.0655. The first-order valence-corrected chi connectivity index (χ1v) is 9.56. The number of hydrogen-bond donors (Lipinski definition) is 1. The van der Waals surface area contributed by atoms with Crippen molar-refractivity contribution in [3.63, 3.8) is 0 Å². The third-order valence-corrected chi connectivity index (χ3v) is 6.48. The van der Waals surface area contributed by atoms with Gasteiger partial charge < -0.3 is 10.2 Å². The molecule has 3 rings (SSSR count). The van der Waals surface area contributed by atoms with Crippen molar-refractivity contribution in [3.8, 4) is 0 Å². The summed E-state index contributed by atoms with van der Waals surface area (Å²) >= 11 is 0. The Morgan fingerprint density at radius 2 is 1.75 bits per heavy atom. The van der Waals surface area contributed by atoms with Gasteiger partial charge in [-0.15, -0.1) is 12.4 Å². The lowest BCUT2D eigenvalue weighted by atomic mass is 10.1. The number of sulfonamides is 1. The maximum Gasteiger partial charge on any atom is 0.254 e. The summed E-state index contributed by atoms with van der Waals surface area (Å²) in [5, 5.41) is 3.25. The topological polar surface area (TPSA) is 69.7 Å². The fourth-order valence-electron chi connectivity index (χ4n) is 3.16. The highest BCUT2D eigenvalue weighted by Crippen LogP contribution is 2.21. The average Bonchev–Trinajstić information content (AvgIpc) is 3.10. The average molecular weight is 374 g/mol.